The van der Waals surface area contributed by atoms with Gasteiger partial charge in [-0.25, -0.2) is 24.9 Å². The fraction of sp³-hybridized carbons (Fsp3) is 0.214. The maximum atomic E-state index is 12.4. The molecule has 0 spiro atoms. The lowest BCUT2D eigenvalue weighted by Gasteiger charge is -2.34. The molecule has 2 fully saturated rings. The van der Waals surface area contributed by atoms with Crippen LogP contribution in [0.3, 0.4) is 0 Å². The van der Waals surface area contributed by atoms with Gasteiger partial charge in [0.2, 0.25) is 10.3 Å². The van der Waals surface area contributed by atoms with E-state index in [2.05, 4.69) is 0 Å². The number of amides is 6. The summed E-state index contributed by atoms with van der Waals surface area (Å²) in [5.41, 5.74) is 7.26. The lowest BCUT2D eigenvalue weighted by atomic mass is 10.1. The predicted molar refractivity (Wildman–Crippen MR) is 90.2 cm³/mol. The summed E-state index contributed by atoms with van der Waals surface area (Å²) in [7, 11) is -2.91. The number of nitrogens with two attached hydrogens (primary N) is 1. The quantitative estimate of drug-likeness (QED) is 0.237. The van der Waals surface area contributed by atoms with Gasteiger partial charge >= 0.3 is 12.1 Å². The minimum atomic E-state index is -2.91. The molecule has 2 saturated heterocycles. The Bertz CT molecular complexity index is 1040. The van der Waals surface area contributed by atoms with Crippen molar-refractivity contribution < 1.29 is 37.8 Å². The Balaban J connectivity index is 1.71. The molecular formula is C14H13N5O8S. The second-order valence-electron chi connectivity index (χ2n) is 5.74. The molecule has 6 amide bonds. The maximum absolute atomic E-state index is 12.4. The van der Waals surface area contributed by atoms with E-state index in [4.69, 9.17) is 5.73 Å². The lowest BCUT2D eigenvalue weighted by Crippen LogP contribution is -2.70. The first-order chi connectivity index (χ1) is 13.1. The molecule has 5 N–H and O–H groups in total. The zero-order valence-electron chi connectivity index (χ0n) is 13.9. The molecule has 1 aromatic carbocycles. The minimum Gasteiger partial charge on any atom is -0.504 e. The largest absolute Gasteiger partial charge is 0.504 e. The predicted octanol–water partition coefficient (Wildman–Crippen LogP) is -2.22. The number of benzene rings is 1. The number of hydrogen-bond donors (Lipinski definition) is 4. The number of hydrogen-bond acceptors (Lipinski definition) is 9. The van der Waals surface area contributed by atoms with Crippen molar-refractivity contribution in [2.75, 3.05) is 13.1 Å². The number of β-lactam (4-membered cyclic amide) rings is 1. The summed E-state index contributed by atoms with van der Waals surface area (Å²) >= 11 is 0. The molecule has 0 bridgehead atoms. The molecule has 3 rings (SSSR count). The third kappa shape index (κ3) is 2.99. The molecule has 0 radical (unpaired) electrons. The van der Waals surface area contributed by atoms with Crippen LogP contribution in [0.5, 0.6) is 11.5 Å². The maximum Gasteiger partial charge on any atom is 0.348 e. The molecule has 2 aliphatic rings. The van der Waals surface area contributed by atoms with Crippen molar-refractivity contribution in [3.63, 3.8) is 0 Å². The third-order valence-electron chi connectivity index (χ3n) is 4.05. The molecule has 148 valence electrons. The van der Waals surface area contributed by atoms with E-state index in [1.165, 1.54) is 6.07 Å². The zero-order chi connectivity index (χ0) is 20.7. The van der Waals surface area contributed by atoms with E-state index in [1.807, 2.05) is 5.43 Å². The van der Waals surface area contributed by atoms with Crippen LogP contribution in [0.4, 0.5) is 9.59 Å². The van der Waals surface area contributed by atoms with Crippen LogP contribution in [0.15, 0.2) is 18.2 Å². The first kappa shape index (κ1) is 19.1. The average Bonchev–Trinajstić information content (AvgIpc) is 3.00. The van der Waals surface area contributed by atoms with Gasteiger partial charge in [0.05, 0.1) is 13.1 Å². The molecule has 2 aliphatic heterocycles. The Kier molecular flexibility index (Phi) is 4.66. The second kappa shape index (κ2) is 6.82. The highest BCUT2D eigenvalue weighted by atomic mass is 32.2. The number of aromatic hydroxyl groups is 2. The number of nitrogens with one attached hydrogen (secondary N) is 1. The first-order valence-electron chi connectivity index (χ1n) is 7.65. The van der Waals surface area contributed by atoms with E-state index in [0.717, 1.165) is 22.0 Å². The van der Waals surface area contributed by atoms with Crippen LogP contribution in [0, 0.1) is 0 Å². The summed E-state index contributed by atoms with van der Waals surface area (Å²) in [6.07, 6.45) is 0. The van der Waals surface area contributed by atoms with Crippen LogP contribution in [0.2, 0.25) is 0 Å². The number of likely N-dealkylation sites (tertiary alicyclic amines) is 1. The van der Waals surface area contributed by atoms with E-state index >= 15 is 0 Å². The van der Waals surface area contributed by atoms with Crippen molar-refractivity contribution in [2.24, 2.45) is 5.73 Å². The zero-order valence-corrected chi connectivity index (χ0v) is 14.7. The van der Waals surface area contributed by atoms with Crippen molar-refractivity contribution in [3.05, 3.63) is 23.8 Å². The topological polar surface area (TPSA) is 191 Å². The molecule has 1 atom stereocenters. The molecule has 28 heavy (non-hydrogen) atoms. The van der Waals surface area contributed by atoms with Crippen molar-refractivity contribution >= 4 is 39.2 Å². The molecule has 2 heterocycles. The van der Waals surface area contributed by atoms with E-state index < -0.39 is 56.7 Å². The summed E-state index contributed by atoms with van der Waals surface area (Å²) in [6, 6.07) is -0.377. The Morgan fingerprint density at radius 3 is 2.43 bits per heavy atom. The number of phenols is 2. The van der Waals surface area contributed by atoms with Crippen LogP contribution in [0.1, 0.15) is 10.4 Å². The van der Waals surface area contributed by atoms with Crippen molar-refractivity contribution in [2.45, 2.75) is 6.04 Å². The number of carbonyl (C=O) groups is 4. The van der Waals surface area contributed by atoms with E-state index in [0.29, 0.717) is 0 Å². The van der Waals surface area contributed by atoms with Gasteiger partial charge in [-0.3, -0.25) is 14.5 Å². The van der Waals surface area contributed by atoms with Crippen LogP contribution in [-0.4, -0.2) is 81.4 Å². The van der Waals surface area contributed by atoms with Gasteiger partial charge in [0.25, 0.3) is 11.8 Å². The van der Waals surface area contributed by atoms with Gasteiger partial charge in [-0.05, 0) is 18.2 Å². The molecule has 1 aromatic rings. The Morgan fingerprint density at radius 1 is 1.14 bits per heavy atom. The molecule has 0 aliphatic carbocycles. The average molecular weight is 411 g/mol. The number of nitrogens with zero attached hydrogens (tertiary/aromatic N) is 3. The van der Waals surface area contributed by atoms with E-state index in [9.17, 15) is 37.8 Å². The third-order valence-corrected chi connectivity index (χ3v) is 4.83. The molecular weight excluding hydrogens is 398 g/mol. The fourth-order valence-electron chi connectivity index (χ4n) is 2.61. The SMILES string of the molecule is N[C@H]1C(=O)N(C(=O)NN2CCN(C(=O)c3ccc(O)c(O)c3)C2=O)C1=S(=O)=O. The molecule has 14 heteroatoms. The van der Waals surface area contributed by atoms with E-state index in [1.54, 1.807) is 0 Å². The number of phenolic OH excluding ortho intramolecular Hbond substituents is 2. The standard InChI is InChI=1S/C14H13N5O8S/c15-9-11(23)19(12(9)28(26)27)13(24)16-18-4-3-17(14(18)25)10(22)6-1-2-7(20)8(21)5-6/h1-2,5,9,20-21H,3-4,15H2,(H,16,24)/t9-/m0/s1. The van der Waals surface area contributed by atoms with Crippen LogP contribution in [-0.2, 0) is 15.1 Å². The van der Waals surface area contributed by atoms with Crippen LogP contribution >= 0.6 is 0 Å². The number of urea groups is 2. The smallest absolute Gasteiger partial charge is 0.348 e. The Hall–Kier alpha value is -3.65. The van der Waals surface area contributed by atoms with Gasteiger partial charge in [-0.1, -0.05) is 0 Å². The molecule has 0 saturated carbocycles. The summed E-state index contributed by atoms with van der Waals surface area (Å²) < 4.78 is 22.1. The number of carbonyl (C=O) groups excluding carboxylic acids is 4. The minimum absolute atomic E-state index is 0.0851. The van der Waals surface area contributed by atoms with Crippen molar-refractivity contribution in [1.29, 1.82) is 0 Å². The number of rotatable bonds is 2. The molecule has 0 aromatic heterocycles. The highest BCUT2D eigenvalue weighted by molar-refractivity contribution is 7.73. The highest BCUT2D eigenvalue weighted by Crippen LogP contribution is 2.26. The van der Waals surface area contributed by atoms with Gasteiger partial charge in [0, 0.05) is 5.56 Å². The number of hydrazine groups is 1. The van der Waals surface area contributed by atoms with E-state index in [-0.39, 0.29) is 23.6 Å². The van der Waals surface area contributed by atoms with Gasteiger partial charge in [0.1, 0.15) is 6.04 Å². The van der Waals surface area contributed by atoms with Gasteiger partial charge in [0.15, 0.2) is 16.5 Å². The van der Waals surface area contributed by atoms with Crippen molar-refractivity contribution in [3.8, 4) is 11.5 Å². The van der Waals surface area contributed by atoms with Crippen LogP contribution in [0.25, 0.3) is 0 Å². The monoisotopic (exact) mass is 411 g/mol. The number of imide groups is 2. The first-order valence-corrected chi connectivity index (χ1v) is 8.72. The molecule has 0 unspecified atom stereocenters. The summed E-state index contributed by atoms with van der Waals surface area (Å²) in [4.78, 5) is 48.9. The van der Waals surface area contributed by atoms with Gasteiger partial charge < -0.3 is 15.9 Å². The lowest BCUT2D eigenvalue weighted by molar-refractivity contribution is -0.128. The van der Waals surface area contributed by atoms with Crippen LogP contribution < -0.4 is 11.2 Å². The Morgan fingerprint density at radius 2 is 1.82 bits per heavy atom. The fourth-order valence-corrected chi connectivity index (χ4v) is 3.24. The normalized spacial score (nSPS) is 19.0. The van der Waals surface area contributed by atoms with Gasteiger partial charge in [-0.15, -0.1) is 0 Å². The van der Waals surface area contributed by atoms with Crippen molar-refractivity contribution in [1.82, 2.24) is 20.2 Å². The second-order valence-corrected chi connectivity index (χ2v) is 6.62. The summed E-state index contributed by atoms with van der Waals surface area (Å²) in [5, 5.41) is 19.5. The van der Waals surface area contributed by atoms with Gasteiger partial charge in [-0.2, -0.15) is 8.42 Å². The Labute approximate surface area is 158 Å². The molecule has 13 nitrogen and oxygen atoms in total. The highest BCUT2D eigenvalue weighted by Gasteiger charge is 2.48. The summed E-state index contributed by atoms with van der Waals surface area (Å²) in [5.74, 6) is -2.76. The summed E-state index contributed by atoms with van der Waals surface area (Å²) in [6.45, 7) is -0.263.